The summed E-state index contributed by atoms with van der Waals surface area (Å²) in [5.74, 6) is -0.314. The highest BCUT2D eigenvalue weighted by atomic mass is 35.5. The number of halogens is 1. The lowest BCUT2D eigenvalue weighted by Crippen LogP contribution is -2.35. The Morgan fingerprint density at radius 1 is 1.00 bits per heavy atom. The molecule has 0 heterocycles. The number of rotatable bonds is 3. The number of nitro groups is 1. The molecule has 0 radical (unpaired) electrons. The third-order valence-corrected chi connectivity index (χ3v) is 5.18. The van der Waals surface area contributed by atoms with Crippen molar-refractivity contribution in [2.24, 2.45) is 0 Å². The standard InChI is InChI=1S/C19H27ClN2O3/c20-18-13-12-16(22(24)25)14-17(18)19(23)21-15-10-8-6-4-2-1-3-5-7-9-11-15/h12-15H,1-11H2,(H,21,23). The van der Waals surface area contributed by atoms with Crippen molar-refractivity contribution in [3.05, 3.63) is 38.9 Å². The Bertz CT molecular complexity index is 580. The molecular weight excluding hydrogens is 340 g/mol. The van der Waals surface area contributed by atoms with Crippen LogP contribution in [-0.2, 0) is 0 Å². The van der Waals surface area contributed by atoms with Crippen molar-refractivity contribution in [1.29, 1.82) is 0 Å². The Morgan fingerprint density at radius 3 is 2.04 bits per heavy atom. The number of hydrogen-bond donors (Lipinski definition) is 1. The SMILES string of the molecule is O=C(NC1CCCCCCCCCCC1)c1cc([N+](=O)[O-])ccc1Cl. The highest BCUT2D eigenvalue weighted by Crippen LogP contribution is 2.23. The van der Waals surface area contributed by atoms with Gasteiger partial charge >= 0.3 is 0 Å². The lowest BCUT2D eigenvalue weighted by Gasteiger charge is -2.20. The van der Waals surface area contributed by atoms with Crippen LogP contribution in [0.15, 0.2) is 18.2 Å². The Morgan fingerprint density at radius 2 is 1.52 bits per heavy atom. The van der Waals surface area contributed by atoms with Crippen LogP contribution in [0.3, 0.4) is 0 Å². The Labute approximate surface area is 154 Å². The molecule has 0 aliphatic heterocycles. The van der Waals surface area contributed by atoms with Crippen LogP contribution in [0.1, 0.15) is 81.0 Å². The van der Waals surface area contributed by atoms with Gasteiger partial charge in [-0.15, -0.1) is 0 Å². The third-order valence-electron chi connectivity index (χ3n) is 4.85. The molecule has 1 N–H and O–H groups in total. The zero-order chi connectivity index (χ0) is 18.1. The molecule has 1 aliphatic carbocycles. The summed E-state index contributed by atoms with van der Waals surface area (Å²) in [4.78, 5) is 23.0. The van der Waals surface area contributed by atoms with E-state index in [-0.39, 0.29) is 28.2 Å². The molecule has 5 nitrogen and oxygen atoms in total. The van der Waals surface area contributed by atoms with Crippen molar-refractivity contribution < 1.29 is 9.72 Å². The fourth-order valence-electron chi connectivity index (χ4n) is 3.37. The fourth-order valence-corrected chi connectivity index (χ4v) is 3.57. The molecule has 1 amide bonds. The van der Waals surface area contributed by atoms with E-state index in [9.17, 15) is 14.9 Å². The van der Waals surface area contributed by atoms with E-state index in [4.69, 9.17) is 11.6 Å². The van der Waals surface area contributed by atoms with Crippen LogP contribution in [0, 0.1) is 10.1 Å². The Balaban J connectivity index is 2.00. The van der Waals surface area contributed by atoms with Gasteiger partial charge in [-0.3, -0.25) is 14.9 Å². The van der Waals surface area contributed by atoms with Crippen LogP contribution in [0.2, 0.25) is 5.02 Å². The highest BCUT2D eigenvalue weighted by molar-refractivity contribution is 6.33. The molecular formula is C19H27ClN2O3. The van der Waals surface area contributed by atoms with Crippen LogP contribution in [-0.4, -0.2) is 16.9 Å². The first-order valence-corrected chi connectivity index (χ1v) is 9.70. The maximum absolute atomic E-state index is 12.6. The largest absolute Gasteiger partial charge is 0.349 e. The zero-order valence-corrected chi connectivity index (χ0v) is 15.4. The second kappa shape index (κ2) is 10.4. The highest BCUT2D eigenvalue weighted by Gasteiger charge is 2.19. The first kappa shape index (κ1) is 19.7. The van der Waals surface area contributed by atoms with E-state index < -0.39 is 4.92 Å². The molecule has 0 saturated heterocycles. The molecule has 25 heavy (non-hydrogen) atoms. The van der Waals surface area contributed by atoms with Gasteiger partial charge in [-0.2, -0.15) is 0 Å². The van der Waals surface area contributed by atoms with Gasteiger partial charge in [0.2, 0.25) is 0 Å². The molecule has 1 aromatic rings. The molecule has 2 rings (SSSR count). The molecule has 6 heteroatoms. The molecule has 1 aromatic carbocycles. The van der Waals surface area contributed by atoms with E-state index >= 15 is 0 Å². The van der Waals surface area contributed by atoms with Crippen molar-refractivity contribution in [2.45, 2.75) is 76.7 Å². The van der Waals surface area contributed by atoms with Crippen LogP contribution >= 0.6 is 11.6 Å². The maximum Gasteiger partial charge on any atom is 0.270 e. The van der Waals surface area contributed by atoms with Crippen LogP contribution in [0.5, 0.6) is 0 Å². The molecule has 1 fully saturated rings. The minimum Gasteiger partial charge on any atom is -0.349 e. The molecule has 0 bridgehead atoms. The monoisotopic (exact) mass is 366 g/mol. The molecule has 138 valence electrons. The van der Waals surface area contributed by atoms with Gasteiger partial charge in [0, 0.05) is 18.2 Å². The smallest absolute Gasteiger partial charge is 0.270 e. The van der Waals surface area contributed by atoms with E-state index in [0.29, 0.717) is 0 Å². The van der Waals surface area contributed by atoms with E-state index in [0.717, 1.165) is 25.7 Å². The van der Waals surface area contributed by atoms with Gasteiger partial charge in [-0.05, 0) is 18.9 Å². The number of hydrogen-bond acceptors (Lipinski definition) is 3. The average Bonchev–Trinajstić information content (AvgIpc) is 2.57. The molecule has 1 saturated carbocycles. The van der Waals surface area contributed by atoms with Gasteiger partial charge in [0.25, 0.3) is 11.6 Å². The van der Waals surface area contributed by atoms with Crippen molar-refractivity contribution in [2.75, 3.05) is 0 Å². The second-order valence-corrected chi connectivity index (χ2v) is 7.26. The molecule has 0 unspecified atom stereocenters. The number of nitro benzene ring substituents is 1. The van der Waals surface area contributed by atoms with Crippen LogP contribution in [0.25, 0.3) is 0 Å². The third kappa shape index (κ3) is 6.65. The Hall–Kier alpha value is -1.62. The minimum absolute atomic E-state index is 0.113. The van der Waals surface area contributed by atoms with Gasteiger partial charge in [0.15, 0.2) is 0 Å². The molecule has 1 aliphatic rings. The van der Waals surface area contributed by atoms with E-state index in [2.05, 4.69) is 5.32 Å². The lowest BCUT2D eigenvalue weighted by atomic mass is 9.97. The lowest BCUT2D eigenvalue weighted by molar-refractivity contribution is -0.384. The van der Waals surface area contributed by atoms with Gasteiger partial charge in [0.05, 0.1) is 15.5 Å². The quantitative estimate of drug-likeness (QED) is 0.554. The topological polar surface area (TPSA) is 72.2 Å². The first-order valence-electron chi connectivity index (χ1n) is 9.33. The van der Waals surface area contributed by atoms with Crippen LogP contribution < -0.4 is 5.32 Å². The first-order chi connectivity index (χ1) is 12.1. The predicted molar refractivity (Wildman–Crippen MR) is 100 cm³/mol. The number of benzene rings is 1. The summed E-state index contributed by atoms with van der Waals surface area (Å²) in [7, 11) is 0. The van der Waals surface area contributed by atoms with Crippen LogP contribution in [0.4, 0.5) is 5.69 Å². The van der Waals surface area contributed by atoms with Gasteiger partial charge in [-0.1, -0.05) is 69.4 Å². The fraction of sp³-hybridized carbons (Fsp3) is 0.632. The summed E-state index contributed by atoms with van der Waals surface area (Å²) < 4.78 is 0. The van der Waals surface area contributed by atoms with Gasteiger partial charge in [-0.25, -0.2) is 0 Å². The summed E-state index contributed by atoms with van der Waals surface area (Å²) in [6.07, 6.45) is 13.0. The average molecular weight is 367 g/mol. The summed E-state index contributed by atoms with van der Waals surface area (Å²) >= 11 is 6.08. The molecule has 0 spiro atoms. The van der Waals surface area contributed by atoms with E-state index in [1.807, 2.05) is 0 Å². The Kier molecular flexibility index (Phi) is 8.19. The summed E-state index contributed by atoms with van der Waals surface area (Å²) in [6.45, 7) is 0. The van der Waals surface area contributed by atoms with Crippen molar-refractivity contribution in [3.8, 4) is 0 Å². The number of carbonyl (C=O) groups excluding carboxylic acids is 1. The van der Waals surface area contributed by atoms with E-state index in [1.165, 1.54) is 63.1 Å². The van der Waals surface area contributed by atoms with Crippen molar-refractivity contribution >= 4 is 23.2 Å². The number of nitrogens with zero attached hydrogens (tertiary/aromatic N) is 1. The summed E-state index contributed by atoms with van der Waals surface area (Å²) in [5.41, 5.74) is 0.0650. The maximum atomic E-state index is 12.6. The van der Waals surface area contributed by atoms with Gasteiger partial charge in [0.1, 0.15) is 0 Å². The molecule has 0 aromatic heterocycles. The zero-order valence-electron chi connectivity index (χ0n) is 14.6. The molecule has 0 atom stereocenters. The normalized spacial score (nSPS) is 18.0. The van der Waals surface area contributed by atoms with Crippen molar-refractivity contribution in [3.63, 3.8) is 0 Å². The number of amides is 1. The minimum atomic E-state index is -0.511. The van der Waals surface area contributed by atoms with E-state index in [1.54, 1.807) is 0 Å². The van der Waals surface area contributed by atoms with Crippen molar-refractivity contribution in [1.82, 2.24) is 5.32 Å². The number of carbonyl (C=O) groups is 1. The summed E-state index contributed by atoms with van der Waals surface area (Å²) in [6, 6.07) is 4.10. The predicted octanol–water partition coefficient (Wildman–Crippen LogP) is 5.65. The van der Waals surface area contributed by atoms with Gasteiger partial charge < -0.3 is 5.32 Å². The second-order valence-electron chi connectivity index (χ2n) is 6.85. The number of non-ortho nitro benzene ring substituents is 1. The summed E-state index contributed by atoms with van der Waals surface area (Å²) in [5, 5.41) is 14.2. The number of nitrogens with one attached hydrogen (secondary N) is 1.